The van der Waals surface area contributed by atoms with E-state index in [1.165, 1.54) is 0 Å². The Hall–Kier alpha value is -1.21. The first-order valence-corrected chi connectivity index (χ1v) is 10.4. The SMILES string of the molecule is Cn1nc2c(c1[Si](F)(C(C)(C)C)C(C)(C)C)CN(CC(N)=O)CC2. The average molecular weight is 355 g/mol. The molecule has 7 heteroatoms. The summed E-state index contributed by atoms with van der Waals surface area (Å²) >= 11 is 0. The number of primary amides is 1. The monoisotopic (exact) mass is 354 g/mol. The van der Waals surface area contributed by atoms with Crippen LogP contribution >= 0.6 is 0 Å². The number of carbonyl (C=O) groups excluding carboxylic acids is 1. The molecule has 0 fully saturated rings. The van der Waals surface area contributed by atoms with Crippen molar-refractivity contribution in [3.05, 3.63) is 11.3 Å². The van der Waals surface area contributed by atoms with Crippen LogP contribution in [0.25, 0.3) is 0 Å². The number of nitrogens with two attached hydrogens (primary N) is 1. The van der Waals surface area contributed by atoms with Crippen LogP contribution in [0.3, 0.4) is 0 Å². The first-order chi connectivity index (χ1) is 10.8. The molecule has 2 rings (SSSR count). The number of hydrogen-bond donors (Lipinski definition) is 1. The molecule has 1 aromatic heterocycles. The standard InChI is InChI=1S/C17H31FN4OSi/c1-16(2,3)24(18,17(4,5)6)15-12-10-22(11-14(19)23)9-8-13(12)20-21(15)7/h8-11H2,1-7H3,(H2,19,23). The molecule has 5 nitrogen and oxygen atoms in total. The van der Waals surface area contributed by atoms with Crippen molar-refractivity contribution >= 4 is 19.6 Å². The van der Waals surface area contributed by atoms with E-state index in [0.717, 1.165) is 29.5 Å². The van der Waals surface area contributed by atoms with Crippen LogP contribution in [0.1, 0.15) is 52.8 Å². The molecule has 0 aliphatic carbocycles. The van der Waals surface area contributed by atoms with Crippen LogP contribution in [0.4, 0.5) is 4.11 Å². The van der Waals surface area contributed by atoms with E-state index < -0.39 is 18.5 Å². The molecule has 24 heavy (non-hydrogen) atoms. The maximum atomic E-state index is 16.8. The summed E-state index contributed by atoms with van der Waals surface area (Å²) in [7, 11) is -1.56. The summed E-state index contributed by atoms with van der Waals surface area (Å²) < 4.78 is 18.5. The van der Waals surface area contributed by atoms with Crippen LogP contribution in [0.15, 0.2) is 0 Å². The predicted molar refractivity (Wildman–Crippen MR) is 97.3 cm³/mol. The molecule has 1 amide bonds. The summed E-state index contributed by atoms with van der Waals surface area (Å²) in [5.41, 5.74) is 7.29. The van der Waals surface area contributed by atoms with Gasteiger partial charge in [0, 0.05) is 32.1 Å². The van der Waals surface area contributed by atoms with Crippen molar-refractivity contribution in [1.29, 1.82) is 0 Å². The van der Waals surface area contributed by atoms with E-state index in [2.05, 4.69) is 5.10 Å². The molecule has 1 aliphatic rings. The molecule has 2 N–H and O–H groups in total. The zero-order chi connectivity index (χ0) is 18.5. The Balaban J connectivity index is 2.59. The van der Waals surface area contributed by atoms with Gasteiger partial charge in [-0.2, -0.15) is 5.10 Å². The summed E-state index contributed by atoms with van der Waals surface area (Å²) in [5.74, 6) is -0.348. The number of aryl methyl sites for hydroxylation is 1. The molecule has 1 aromatic rings. The number of fused-ring (bicyclic) bond motifs is 1. The lowest BCUT2D eigenvalue weighted by Gasteiger charge is -2.45. The van der Waals surface area contributed by atoms with E-state index in [0.29, 0.717) is 6.54 Å². The van der Waals surface area contributed by atoms with Gasteiger partial charge in [0.1, 0.15) is 0 Å². The molecular formula is C17H31FN4OSi. The van der Waals surface area contributed by atoms with Gasteiger partial charge in [-0.25, -0.2) is 0 Å². The van der Waals surface area contributed by atoms with Crippen molar-refractivity contribution in [2.45, 2.75) is 64.6 Å². The quantitative estimate of drug-likeness (QED) is 0.667. The number of hydrogen-bond acceptors (Lipinski definition) is 3. The van der Waals surface area contributed by atoms with E-state index in [-0.39, 0.29) is 12.5 Å². The highest BCUT2D eigenvalue weighted by Gasteiger charge is 2.59. The Kier molecular flexibility index (Phi) is 4.74. The van der Waals surface area contributed by atoms with Gasteiger partial charge in [-0.1, -0.05) is 41.5 Å². The maximum Gasteiger partial charge on any atom is 0.306 e. The second-order valence-electron chi connectivity index (χ2n) is 8.98. The minimum Gasteiger partial charge on any atom is -0.369 e. The number of carbonyl (C=O) groups is 1. The third kappa shape index (κ3) is 3.03. The lowest BCUT2D eigenvalue weighted by atomic mass is 10.1. The van der Waals surface area contributed by atoms with Crippen LogP contribution in [-0.2, 0) is 24.8 Å². The molecule has 0 unspecified atom stereocenters. The van der Waals surface area contributed by atoms with Gasteiger partial charge >= 0.3 is 8.41 Å². The van der Waals surface area contributed by atoms with Crippen LogP contribution in [0, 0.1) is 0 Å². The van der Waals surface area contributed by atoms with E-state index in [1.807, 2.05) is 53.5 Å². The van der Waals surface area contributed by atoms with E-state index in [1.54, 1.807) is 4.68 Å². The topological polar surface area (TPSA) is 64.2 Å². The van der Waals surface area contributed by atoms with Crippen molar-refractivity contribution in [3.8, 4) is 0 Å². The van der Waals surface area contributed by atoms with E-state index in [9.17, 15) is 4.79 Å². The summed E-state index contributed by atoms with van der Waals surface area (Å²) in [6.45, 7) is 13.5. The second-order valence-corrected chi connectivity index (χ2v) is 13.8. The number of halogens is 1. The van der Waals surface area contributed by atoms with Crippen LogP contribution < -0.4 is 11.1 Å². The molecule has 0 radical (unpaired) electrons. The Bertz CT molecular complexity index is 628. The lowest BCUT2D eigenvalue weighted by Crippen LogP contribution is -2.61. The smallest absolute Gasteiger partial charge is 0.306 e. The highest BCUT2D eigenvalue weighted by atomic mass is 28.4. The van der Waals surface area contributed by atoms with Crippen molar-refractivity contribution in [2.24, 2.45) is 12.8 Å². The molecule has 0 atom stereocenters. The molecule has 0 aromatic carbocycles. The molecule has 1 aliphatic heterocycles. The predicted octanol–water partition coefficient (Wildman–Crippen LogP) is 1.99. The first-order valence-electron chi connectivity index (χ1n) is 8.54. The fourth-order valence-corrected chi connectivity index (χ4v) is 8.98. The third-order valence-electron chi connectivity index (χ3n) is 5.05. The number of rotatable bonds is 3. The largest absolute Gasteiger partial charge is 0.369 e. The van der Waals surface area contributed by atoms with Crippen LogP contribution in [-0.4, -0.2) is 42.1 Å². The van der Waals surface area contributed by atoms with Gasteiger partial charge in [-0.3, -0.25) is 14.4 Å². The first kappa shape index (κ1) is 19.1. The van der Waals surface area contributed by atoms with Gasteiger partial charge in [0.2, 0.25) is 5.91 Å². The zero-order valence-corrected chi connectivity index (χ0v) is 17.0. The van der Waals surface area contributed by atoms with Crippen molar-refractivity contribution in [3.63, 3.8) is 0 Å². The molecule has 0 bridgehead atoms. The van der Waals surface area contributed by atoms with Gasteiger partial charge in [0.15, 0.2) is 0 Å². The molecule has 0 saturated heterocycles. The Morgan fingerprint density at radius 2 is 1.79 bits per heavy atom. The lowest BCUT2D eigenvalue weighted by molar-refractivity contribution is -0.119. The van der Waals surface area contributed by atoms with Crippen LogP contribution in [0.2, 0.25) is 10.1 Å². The summed E-state index contributed by atoms with van der Waals surface area (Å²) in [4.78, 5) is 13.3. The minimum atomic E-state index is -3.41. The Morgan fingerprint density at radius 1 is 1.25 bits per heavy atom. The van der Waals surface area contributed by atoms with Crippen molar-refractivity contribution in [1.82, 2.24) is 14.7 Å². The number of amides is 1. The third-order valence-corrected chi connectivity index (χ3v) is 10.5. The highest BCUT2D eigenvalue weighted by Crippen LogP contribution is 2.52. The minimum absolute atomic E-state index is 0.208. The van der Waals surface area contributed by atoms with Gasteiger partial charge in [0.25, 0.3) is 0 Å². The van der Waals surface area contributed by atoms with Crippen LogP contribution in [0.5, 0.6) is 0 Å². The second kappa shape index (κ2) is 5.95. The maximum absolute atomic E-state index is 16.8. The van der Waals surface area contributed by atoms with Crippen molar-refractivity contribution < 1.29 is 8.90 Å². The Morgan fingerprint density at radius 3 is 2.25 bits per heavy atom. The molecule has 136 valence electrons. The summed E-state index contributed by atoms with van der Waals surface area (Å²) in [6.07, 6.45) is 0.731. The molecule has 2 heterocycles. The fraction of sp³-hybridized carbons (Fsp3) is 0.765. The van der Waals surface area contributed by atoms with E-state index >= 15 is 4.11 Å². The van der Waals surface area contributed by atoms with Crippen molar-refractivity contribution in [2.75, 3.05) is 13.1 Å². The molecular weight excluding hydrogens is 323 g/mol. The summed E-state index contributed by atoms with van der Waals surface area (Å²) in [6, 6.07) is 0. The van der Waals surface area contributed by atoms with Gasteiger partial charge in [0.05, 0.1) is 17.6 Å². The van der Waals surface area contributed by atoms with Gasteiger partial charge in [-0.05, 0) is 10.1 Å². The average Bonchev–Trinajstić information content (AvgIpc) is 2.70. The number of aromatic nitrogens is 2. The normalized spacial score (nSPS) is 17.0. The molecule has 0 spiro atoms. The van der Waals surface area contributed by atoms with Gasteiger partial charge in [-0.15, -0.1) is 0 Å². The zero-order valence-electron chi connectivity index (χ0n) is 16.0. The molecule has 0 saturated carbocycles. The van der Waals surface area contributed by atoms with Gasteiger partial charge < -0.3 is 9.84 Å². The number of nitrogens with zero attached hydrogens (tertiary/aromatic N) is 3. The fourth-order valence-electron chi connectivity index (χ4n) is 4.18. The summed E-state index contributed by atoms with van der Waals surface area (Å²) in [5, 5.41) is 4.48. The Labute approximate surface area is 145 Å². The highest BCUT2D eigenvalue weighted by molar-refractivity contribution is 6.90. The van der Waals surface area contributed by atoms with E-state index in [4.69, 9.17) is 5.73 Å².